The Morgan fingerprint density at radius 1 is 0.373 bits per heavy atom. The van der Waals surface area contributed by atoms with Crippen molar-refractivity contribution in [2.24, 2.45) is 0 Å². The lowest BCUT2D eigenvalue weighted by atomic mass is 9.67. The standard InChI is InChI=1S/C41H20F12N2O4/c42-38(43,44)27-13-23(14-28(19-27)39(45,46)47)21-1-11-33-34-12-2-22(24-15-29(40(48,49)50)20-30(16-24)41(51,52)53)18-36(34)37(35(33)17-21,25-3-7-31(8-4-25)54(56)57)26-5-9-32(10-6-26)55(58)59/h1-20H. The zero-order valence-electron chi connectivity index (χ0n) is 29.1. The maximum absolute atomic E-state index is 14.0. The zero-order chi connectivity index (χ0) is 43.0. The van der Waals surface area contributed by atoms with Crippen LogP contribution in [-0.2, 0) is 30.1 Å². The van der Waals surface area contributed by atoms with Crippen molar-refractivity contribution in [2.45, 2.75) is 30.1 Å². The third-order valence-corrected chi connectivity index (χ3v) is 10.0. The molecule has 0 aromatic heterocycles. The van der Waals surface area contributed by atoms with Gasteiger partial charge in [-0.05, 0) is 104 Å². The molecule has 1 aliphatic rings. The van der Waals surface area contributed by atoms with E-state index in [0.29, 0.717) is 24.3 Å². The number of hydrogen-bond donors (Lipinski definition) is 0. The number of fused-ring (bicyclic) bond motifs is 3. The van der Waals surface area contributed by atoms with Crippen LogP contribution in [-0.4, -0.2) is 9.85 Å². The van der Waals surface area contributed by atoms with Gasteiger partial charge in [-0.25, -0.2) is 0 Å². The van der Waals surface area contributed by atoms with E-state index in [1.165, 1.54) is 60.7 Å². The second-order valence-electron chi connectivity index (χ2n) is 13.5. The van der Waals surface area contributed by atoms with E-state index in [0.717, 1.165) is 24.3 Å². The predicted octanol–water partition coefficient (Wildman–Crippen LogP) is 13.3. The fraction of sp³-hybridized carbons (Fsp3) is 0.122. The molecule has 0 amide bonds. The van der Waals surface area contributed by atoms with Gasteiger partial charge >= 0.3 is 24.7 Å². The Hall–Kier alpha value is -6.72. The largest absolute Gasteiger partial charge is 0.416 e. The molecule has 0 aliphatic heterocycles. The molecule has 6 aromatic rings. The Bertz CT molecular complexity index is 2420. The first-order chi connectivity index (χ1) is 27.4. The normalized spacial score (nSPS) is 13.8. The van der Waals surface area contributed by atoms with Crippen LogP contribution in [0.25, 0.3) is 33.4 Å². The molecular formula is C41H20F12N2O4. The molecule has 0 unspecified atom stereocenters. The Balaban J connectivity index is 1.59. The summed E-state index contributed by atoms with van der Waals surface area (Å²) in [6.45, 7) is 0. The van der Waals surface area contributed by atoms with E-state index in [1.807, 2.05) is 0 Å². The van der Waals surface area contributed by atoms with E-state index in [2.05, 4.69) is 0 Å². The number of alkyl halides is 12. The first-order valence-corrected chi connectivity index (χ1v) is 16.8. The highest BCUT2D eigenvalue weighted by molar-refractivity contribution is 5.90. The number of benzene rings is 6. The predicted molar refractivity (Wildman–Crippen MR) is 188 cm³/mol. The molecule has 6 nitrogen and oxygen atoms in total. The molecule has 0 spiro atoms. The van der Waals surface area contributed by atoms with E-state index in [4.69, 9.17) is 0 Å². The molecule has 0 fully saturated rings. The molecule has 1 aliphatic carbocycles. The van der Waals surface area contributed by atoms with Crippen molar-refractivity contribution in [3.05, 3.63) is 186 Å². The summed E-state index contributed by atoms with van der Waals surface area (Å²) in [7, 11) is 0. The smallest absolute Gasteiger partial charge is 0.258 e. The summed E-state index contributed by atoms with van der Waals surface area (Å²) in [5, 5.41) is 23.4. The van der Waals surface area contributed by atoms with Crippen LogP contribution < -0.4 is 0 Å². The van der Waals surface area contributed by atoms with Crippen molar-refractivity contribution in [3.63, 3.8) is 0 Å². The summed E-state index contributed by atoms with van der Waals surface area (Å²) in [6, 6.07) is 18.8. The lowest BCUT2D eigenvalue weighted by molar-refractivity contribution is -0.385. The quantitative estimate of drug-likeness (QED) is 0.0949. The molecule has 7 rings (SSSR count). The second-order valence-corrected chi connectivity index (χ2v) is 13.5. The van der Waals surface area contributed by atoms with E-state index < -0.39 is 84.7 Å². The van der Waals surface area contributed by atoms with E-state index in [1.54, 1.807) is 0 Å². The molecule has 18 heteroatoms. The monoisotopic (exact) mass is 832 g/mol. The van der Waals surface area contributed by atoms with Crippen LogP contribution in [0.15, 0.2) is 121 Å². The molecule has 59 heavy (non-hydrogen) atoms. The summed E-state index contributed by atoms with van der Waals surface area (Å²) in [6.07, 6.45) is -20.9. The summed E-state index contributed by atoms with van der Waals surface area (Å²) in [4.78, 5) is 21.9. The molecule has 0 radical (unpaired) electrons. The minimum absolute atomic E-state index is 0.0652. The Morgan fingerprint density at radius 2 is 0.661 bits per heavy atom. The van der Waals surface area contributed by atoms with Gasteiger partial charge in [0.15, 0.2) is 0 Å². The Kier molecular flexibility index (Phi) is 9.40. The van der Waals surface area contributed by atoms with Gasteiger partial charge in [0.2, 0.25) is 0 Å². The summed E-state index contributed by atoms with van der Waals surface area (Å²) >= 11 is 0. The molecule has 0 saturated carbocycles. The van der Waals surface area contributed by atoms with Gasteiger partial charge in [0.1, 0.15) is 0 Å². The number of halogens is 12. The van der Waals surface area contributed by atoms with Crippen LogP contribution >= 0.6 is 0 Å². The molecule has 0 bridgehead atoms. The van der Waals surface area contributed by atoms with Crippen LogP contribution in [0.1, 0.15) is 44.5 Å². The van der Waals surface area contributed by atoms with E-state index in [9.17, 15) is 72.9 Å². The Labute approximate surface area is 323 Å². The minimum Gasteiger partial charge on any atom is -0.258 e. The highest BCUT2D eigenvalue weighted by Crippen LogP contribution is 2.58. The number of hydrogen-bond acceptors (Lipinski definition) is 4. The van der Waals surface area contributed by atoms with Crippen LogP contribution in [0.2, 0.25) is 0 Å². The lowest BCUT2D eigenvalue weighted by Crippen LogP contribution is -2.28. The SMILES string of the molecule is O=[N+]([O-])c1ccc(C2(c3ccc([N+](=O)[O-])cc3)c3cc(-c4cc(C(F)(F)F)cc(C(F)(F)F)c4)ccc3-c3ccc(-c4cc(C(F)(F)F)cc(C(F)(F)F)c4)cc32)cc1. The van der Waals surface area contributed by atoms with Crippen molar-refractivity contribution in [1.82, 2.24) is 0 Å². The highest BCUT2D eigenvalue weighted by atomic mass is 19.4. The van der Waals surface area contributed by atoms with E-state index >= 15 is 0 Å². The van der Waals surface area contributed by atoms with Crippen molar-refractivity contribution in [3.8, 4) is 33.4 Å². The van der Waals surface area contributed by atoms with Crippen LogP contribution in [0.3, 0.4) is 0 Å². The zero-order valence-corrected chi connectivity index (χ0v) is 29.1. The van der Waals surface area contributed by atoms with Crippen molar-refractivity contribution < 1.29 is 62.5 Å². The number of nitro groups is 2. The first kappa shape index (κ1) is 40.5. The topological polar surface area (TPSA) is 86.3 Å². The number of nitro benzene ring substituents is 2. The average molecular weight is 833 g/mol. The van der Waals surface area contributed by atoms with Gasteiger partial charge in [0.25, 0.3) is 11.4 Å². The third kappa shape index (κ3) is 7.23. The minimum atomic E-state index is -5.23. The summed E-state index contributed by atoms with van der Waals surface area (Å²) in [5.41, 5.74) is -9.84. The van der Waals surface area contributed by atoms with Crippen LogP contribution in [0, 0.1) is 20.2 Å². The highest BCUT2D eigenvalue weighted by Gasteiger charge is 2.47. The number of nitrogens with zero attached hydrogens (tertiary/aromatic N) is 2. The molecule has 0 N–H and O–H groups in total. The molecular weight excluding hydrogens is 812 g/mol. The molecule has 0 saturated heterocycles. The fourth-order valence-electron chi connectivity index (χ4n) is 7.38. The maximum atomic E-state index is 14.0. The molecule has 302 valence electrons. The van der Waals surface area contributed by atoms with Crippen molar-refractivity contribution >= 4 is 11.4 Å². The van der Waals surface area contributed by atoms with Gasteiger partial charge in [-0.15, -0.1) is 0 Å². The lowest BCUT2D eigenvalue weighted by Gasteiger charge is -2.34. The van der Waals surface area contributed by atoms with Crippen molar-refractivity contribution in [2.75, 3.05) is 0 Å². The van der Waals surface area contributed by atoms with Gasteiger partial charge in [0, 0.05) is 24.3 Å². The van der Waals surface area contributed by atoms with Crippen molar-refractivity contribution in [1.29, 1.82) is 0 Å². The maximum Gasteiger partial charge on any atom is 0.416 e. The third-order valence-electron chi connectivity index (χ3n) is 10.0. The molecule has 0 atom stereocenters. The second kappa shape index (κ2) is 13.7. The fourth-order valence-corrected chi connectivity index (χ4v) is 7.38. The van der Waals surface area contributed by atoms with Gasteiger partial charge < -0.3 is 0 Å². The van der Waals surface area contributed by atoms with Crippen LogP contribution in [0.4, 0.5) is 64.1 Å². The van der Waals surface area contributed by atoms with Gasteiger partial charge in [0.05, 0.1) is 37.5 Å². The average Bonchev–Trinajstić information content (AvgIpc) is 3.46. The summed E-state index contributed by atoms with van der Waals surface area (Å²) in [5.74, 6) is 0. The van der Waals surface area contributed by atoms with E-state index in [-0.39, 0.29) is 56.6 Å². The van der Waals surface area contributed by atoms with Gasteiger partial charge in [-0.1, -0.05) is 48.5 Å². The number of rotatable bonds is 6. The van der Waals surface area contributed by atoms with Gasteiger partial charge in [-0.3, -0.25) is 20.2 Å². The van der Waals surface area contributed by atoms with Crippen LogP contribution in [0.5, 0.6) is 0 Å². The van der Waals surface area contributed by atoms with Gasteiger partial charge in [-0.2, -0.15) is 52.7 Å². The Morgan fingerprint density at radius 3 is 0.915 bits per heavy atom. The summed E-state index contributed by atoms with van der Waals surface area (Å²) < 4.78 is 168. The number of non-ortho nitro benzene ring substituents is 2. The molecule has 6 aromatic carbocycles. The first-order valence-electron chi connectivity index (χ1n) is 16.8. The molecule has 0 heterocycles.